The number of hydrogen-bond acceptors (Lipinski definition) is 4. The van der Waals surface area contributed by atoms with Gasteiger partial charge in [-0.05, 0) is 68.7 Å². The van der Waals surface area contributed by atoms with Gasteiger partial charge in [0.25, 0.3) is 0 Å². The number of fused-ring (bicyclic) bond motifs is 6. The maximum Gasteiger partial charge on any atom is 0.164 e. The molecule has 0 saturated carbocycles. The molecule has 1 aliphatic rings. The average Bonchev–Trinajstić information content (AvgIpc) is 3.55. The van der Waals surface area contributed by atoms with Crippen molar-refractivity contribution in [2.24, 2.45) is 0 Å². The summed E-state index contributed by atoms with van der Waals surface area (Å²) in [7, 11) is 0. The summed E-state index contributed by atoms with van der Waals surface area (Å²) in [5, 5.41) is 8.26. The predicted octanol–water partition coefficient (Wildman–Crippen LogP) is 12.5. The lowest BCUT2D eigenvalue weighted by Crippen LogP contribution is -2.02. The van der Waals surface area contributed by atoms with Crippen LogP contribution in [-0.2, 0) is 0 Å². The Morgan fingerprint density at radius 3 is 1.78 bits per heavy atom. The van der Waals surface area contributed by atoms with E-state index < -0.39 is 0 Å². The van der Waals surface area contributed by atoms with Gasteiger partial charge in [0, 0.05) is 44.4 Å². The minimum Gasteiger partial charge on any atom is -0.306 e. The van der Waals surface area contributed by atoms with Crippen LogP contribution in [0.2, 0.25) is 0 Å². The highest BCUT2D eigenvalue weighted by Crippen LogP contribution is 2.51. The van der Waals surface area contributed by atoms with Gasteiger partial charge in [-0.3, -0.25) is 4.98 Å². The summed E-state index contributed by atoms with van der Waals surface area (Å²) < 4.78 is 2.46. The smallest absolute Gasteiger partial charge is 0.164 e. The first-order valence-corrected chi connectivity index (χ1v) is 18.6. The van der Waals surface area contributed by atoms with Crippen LogP contribution in [0.3, 0.4) is 0 Å². The third kappa shape index (κ3) is 4.35. The second-order valence-electron chi connectivity index (χ2n) is 14.2. The molecule has 0 fully saturated rings. The normalized spacial score (nSPS) is 12.0. The van der Waals surface area contributed by atoms with Gasteiger partial charge in [0.2, 0.25) is 0 Å². The van der Waals surface area contributed by atoms with Crippen LogP contribution >= 0.6 is 0 Å². The zero-order valence-electron chi connectivity index (χ0n) is 29.5. The maximum atomic E-state index is 5.13. The molecule has 5 nitrogen and oxygen atoms in total. The van der Waals surface area contributed by atoms with E-state index in [0.717, 1.165) is 55.1 Å². The summed E-state index contributed by atoms with van der Waals surface area (Å²) in [6.07, 6.45) is 1.91. The summed E-state index contributed by atoms with van der Waals surface area (Å²) >= 11 is 0. The highest BCUT2D eigenvalue weighted by Gasteiger charge is 2.27. The summed E-state index contributed by atoms with van der Waals surface area (Å²) in [4.78, 5) is 20.3. The van der Waals surface area contributed by atoms with E-state index in [-0.39, 0.29) is 0 Å². The lowest BCUT2D eigenvalue weighted by atomic mass is 9.93. The number of rotatable bonds is 4. The number of aromatic nitrogens is 5. The van der Waals surface area contributed by atoms with Crippen LogP contribution in [0.15, 0.2) is 176 Å². The van der Waals surface area contributed by atoms with E-state index in [1.165, 1.54) is 43.8 Å². The summed E-state index contributed by atoms with van der Waals surface area (Å²) in [6, 6.07) is 60.0. The highest BCUT2D eigenvalue weighted by atomic mass is 15.0. The van der Waals surface area contributed by atoms with E-state index in [4.69, 9.17) is 19.9 Å². The molecule has 1 aliphatic carbocycles. The third-order valence-corrected chi connectivity index (χ3v) is 11.2. The molecular formula is C50H29N5. The zero-order chi connectivity index (χ0) is 36.0. The van der Waals surface area contributed by atoms with Crippen LogP contribution in [0.5, 0.6) is 0 Å². The predicted molar refractivity (Wildman–Crippen MR) is 225 cm³/mol. The van der Waals surface area contributed by atoms with E-state index in [9.17, 15) is 0 Å². The quantitative estimate of drug-likeness (QED) is 0.183. The molecule has 5 heteroatoms. The van der Waals surface area contributed by atoms with E-state index in [1.54, 1.807) is 0 Å². The van der Waals surface area contributed by atoms with Gasteiger partial charge >= 0.3 is 0 Å². The van der Waals surface area contributed by atoms with Gasteiger partial charge in [-0.25, -0.2) is 15.0 Å². The van der Waals surface area contributed by atoms with Crippen LogP contribution in [0.25, 0.3) is 116 Å². The molecule has 0 bridgehead atoms. The molecule has 11 aromatic rings. The molecular weight excluding hydrogens is 671 g/mol. The topological polar surface area (TPSA) is 56.5 Å². The molecule has 3 heterocycles. The van der Waals surface area contributed by atoms with Gasteiger partial charge in [0.15, 0.2) is 17.5 Å². The van der Waals surface area contributed by atoms with Crippen molar-refractivity contribution in [1.82, 2.24) is 24.5 Å². The molecule has 55 heavy (non-hydrogen) atoms. The second kappa shape index (κ2) is 11.5. The van der Waals surface area contributed by atoms with Gasteiger partial charge in [-0.2, -0.15) is 0 Å². The molecule has 3 aromatic heterocycles. The average molecular weight is 700 g/mol. The Morgan fingerprint density at radius 1 is 0.382 bits per heavy atom. The molecule has 0 saturated heterocycles. The van der Waals surface area contributed by atoms with E-state index in [1.807, 2.05) is 72.9 Å². The monoisotopic (exact) mass is 699 g/mol. The fourth-order valence-electron chi connectivity index (χ4n) is 8.85. The fourth-order valence-corrected chi connectivity index (χ4v) is 8.85. The van der Waals surface area contributed by atoms with Gasteiger partial charge in [0.05, 0.1) is 22.2 Å². The van der Waals surface area contributed by atoms with Crippen molar-refractivity contribution in [3.05, 3.63) is 176 Å². The standard InChI is InChI=1S/C50H29N5/c1-3-13-31(14-4-1)48-52-49(32-15-5-2-6-16-32)54-50(53-48)39-25-27-41(37-22-10-9-21-36(37)39)55-42-26-24-30-17-11-23-38-34-19-7-8-20-35(34)40-29-33-18-12-28-51-46(33)47(55)44(40)45(42)43(30)38/h1-29H. The van der Waals surface area contributed by atoms with Gasteiger partial charge in [0.1, 0.15) is 0 Å². The Balaban J connectivity index is 1.20. The molecule has 8 aromatic carbocycles. The summed E-state index contributed by atoms with van der Waals surface area (Å²) in [6.45, 7) is 0. The molecule has 0 unspecified atom stereocenters. The van der Waals surface area contributed by atoms with Crippen LogP contribution in [-0.4, -0.2) is 24.5 Å². The van der Waals surface area contributed by atoms with Gasteiger partial charge in [-0.1, -0.05) is 140 Å². The summed E-state index contributed by atoms with van der Waals surface area (Å²) in [5.41, 5.74) is 12.1. The SMILES string of the molecule is c1ccc(-c2nc(-c3ccccc3)nc(-c3ccc(-n4c5ccc6cccc7c6c5c5c(cc6cccnc6c54)-c4ccccc4-7)c4ccccc34)n2)cc1. The van der Waals surface area contributed by atoms with Gasteiger partial charge < -0.3 is 4.57 Å². The molecule has 0 radical (unpaired) electrons. The number of nitrogens with zero attached hydrogens (tertiary/aromatic N) is 5. The van der Waals surface area contributed by atoms with Crippen molar-refractivity contribution >= 4 is 54.3 Å². The van der Waals surface area contributed by atoms with Crippen molar-refractivity contribution in [3.8, 4) is 62.1 Å². The first-order chi connectivity index (χ1) is 27.3. The molecule has 12 rings (SSSR count). The number of hydrogen-bond donors (Lipinski definition) is 0. The Morgan fingerprint density at radius 2 is 1.02 bits per heavy atom. The summed E-state index contributed by atoms with van der Waals surface area (Å²) in [5.74, 6) is 1.92. The Bertz CT molecular complexity index is 3310. The van der Waals surface area contributed by atoms with Crippen molar-refractivity contribution < 1.29 is 0 Å². The lowest BCUT2D eigenvalue weighted by Gasteiger charge is -2.17. The second-order valence-corrected chi connectivity index (χ2v) is 14.2. The molecule has 0 amide bonds. The van der Waals surface area contributed by atoms with E-state index in [0.29, 0.717) is 17.5 Å². The van der Waals surface area contributed by atoms with Crippen LogP contribution < -0.4 is 0 Å². The third-order valence-electron chi connectivity index (χ3n) is 11.2. The molecule has 0 atom stereocenters. The maximum absolute atomic E-state index is 5.13. The van der Waals surface area contributed by atoms with Crippen molar-refractivity contribution in [1.29, 1.82) is 0 Å². The van der Waals surface area contributed by atoms with E-state index in [2.05, 4.69) is 108 Å². The van der Waals surface area contributed by atoms with Crippen LogP contribution in [0.1, 0.15) is 0 Å². The lowest BCUT2D eigenvalue weighted by molar-refractivity contribution is 1.08. The molecule has 0 spiro atoms. The minimum atomic E-state index is 0.633. The van der Waals surface area contributed by atoms with Crippen LogP contribution in [0.4, 0.5) is 0 Å². The fraction of sp³-hybridized carbons (Fsp3) is 0. The molecule has 0 N–H and O–H groups in total. The largest absolute Gasteiger partial charge is 0.306 e. The van der Waals surface area contributed by atoms with Gasteiger partial charge in [-0.15, -0.1) is 0 Å². The first kappa shape index (κ1) is 30.0. The van der Waals surface area contributed by atoms with Crippen LogP contribution in [0, 0.1) is 0 Å². The number of benzene rings is 8. The highest BCUT2D eigenvalue weighted by molar-refractivity contribution is 6.34. The molecule has 254 valence electrons. The van der Waals surface area contributed by atoms with Crippen molar-refractivity contribution in [2.75, 3.05) is 0 Å². The minimum absolute atomic E-state index is 0.633. The zero-order valence-corrected chi connectivity index (χ0v) is 29.5. The van der Waals surface area contributed by atoms with E-state index >= 15 is 0 Å². The van der Waals surface area contributed by atoms with Crippen molar-refractivity contribution in [2.45, 2.75) is 0 Å². The van der Waals surface area contributed by atoms with Crippen molar-refractivity contribution in [3.63, 3.8) is 0 Å². The first-order valence-electron chi connectivity index (χ1n) is 18.6. The molecule has 0 aliphatic heterocycles. The Kier molecular flexibility index (Phi) is 6.27. The Labute approximate surface area is 315 Å². The Hall–Kier alpha value is -7.50. The number of pyridine rings is 1.